The van der Waals surface area contributed by atoms with Crippen LogP contribution in [0.1, 0.15) is 5.56 Å². The highest BCUT2D eigenvalue weighted by Crippen LogP contribution is 2.33. The Hall–Kier alpha value is -1.68. The predicted molar refractivity (Wildman–Crippen MR) is 73.7 cm³/mol. The highest BCUT2D eigenvalue weighted by molar-refractivity contribution is 5.86. The molecule has 1 aromatic carbocycles. The van der Waals surface area contributed by atoms with Gasteiger partial charge in [-0.3, -0.25) is 0 Å². The first-order valence-electron chi connectivity index (χ1n) is 6.02. The Labute approximate surface area is 107 Å². The number of nitrogens with zero attached hydrogens (tertiary/aromatic N) is 1. The van der Waals surface area contributed by atoms with Gasteiger partial charge >= 0.3 is 0 Å². The van der Waals surface area contributed by atoms with Gasteiger partial charge in [-0.2, -0.15) is 0 Å². The Morgan fingerprint density at radius 1 is 1.11 bits per heavy atom. The van der Waals surface area contributed by atoms with Crippen LogP contribution < -0.4 is 9.47 Å². The van der Waals surface area contributed by atoms with Gasteiger partial charge < -0.3 is 19.4 Å². The molecule has 0 aliphatic rings. The minimum absolute atomic E-state index is 0.756. The standard InChI is InChI=1S/C14H20N2O2/c1-16(2)6-5-10-9-15-12-8-14(18-4)13(17-3)7-11(10)12/h7-9,15H,5-6H2,1-4H3. The summed E-state index contributed by atoms with van der Waals surface area (Å²) in [5.41, 5.74) is 2.39. The Kier molecular flexibility index (Phi) is 3.77. The van der Waals surface area contributed by atoms with E-state index >= 15 is 0 Å². The molecule has 2 rings (SSSR count). The number of nitrogens with one attached hydrogen (secondary N) is 1. The fourth-order valence-corrected chi connectivity index (χ4v) is 2.06. The molecule has 1 aromatic heterocycles. The number of aromatic nitrogens is 1. The van der Waals surface area contributed by atoms with Crippen LogP contribution >= 0.6 is 0 Å². The van der Waals surface area contributed by atoms with E-state index in [1.165, 1.54) is 10.9 Å². The van der Waals surface area contributed by atoms with Gasteiger partial charge in [-0.15, -0.1) is 0 Å². The fourth-order valence-electron chi connectivity index (χ4n) is 2.06. The summed E-state index contributed by atoms with van der Waals surface area (Å²) in [7, 11) is 7.48. The van der Waals surface area contributed by atoms with E-state index in [-0.39, 0.29) is 0 Å². The monoisotopic (exact) mass is 248 g/mol. The van der Waals surface area contributed by atoms with Crippen LogP contribution in [-0.2, 0) is 6.42 Å². The van der Waals surface area contributed by atoms with Crippen molar-refractivity contribution in [2.75, 3.05) is 34.9 Å². The van der Waals surface area contributed by atoms with Crippen LogP contribution in [0.5, 0.6) is 11.5 Å². The Bertz CT molecular complexity index is 532. The molecule has 0 unspecified atom stereocenters. The Morgan fingerprint density at radius 2 is 1.78 bits per heavy atom. The zero-order valence-electron chi connectivity index (χ0n) is 11.4. The summed E-state index contributed by atoms with van der Waals surface area (Å²) >= 11 is 0. The highest BCUT2D eigenvalue weighted by atomic mass is 16.5. The molecule has 2 aromatic rings. The molecule has 0 saturated heterocycles. The number of rotatable bonds is 5. The van der Waals surface area contributed by atoms with Crippen molar-refractivity contribution < 1.29 is 9.47 Å². The van der Waals surface area contributed by atoms with Gasteiger partial charge in [0.1, 0.15) is 0 Å². The molecule has 4 heteroatoms. The van der Waals surface area contributed by atoms with Crippen LogP contribution in [0.3, 0.4) is 0 Å². The fraction of sp³-hybridized carbons (Fsp3) is 0.429. The number of ether oxygens (including phenoxy) is 2. The van der Waals surface area contributed by atoms with Crippen LogP contribution in [0, 0.1) is 0 Å². The van der Waals surface area contributed by atoms with Gasteiger partial charge in [0.25, 0.3) is 0 Å². The van der Waals surface area contributed by atoms with Gasteiger partial charge in [0.15, 0.2) is 11.5 Å². The van der Waals surface area contributed by atoms with E-state index in [1.54, 1.807) is 14.2 Å². The average Bonchev–Trinajstić information content (AvgIpc) is 2.76. The number of fused-ring (bicyclic) bond motifs is 1. The maximum absolute atomic E-state index is 5.34. The maximum atomic E-state index is 5.34. The topological polar surface area (TPSA) is 37.5 Å². The van der Waals surface area contributed by atoms with E-state index in [0.29, 0.717) is 0 Å². The second kappa shape index (κ2) is 5.31. The molecule has 0 aliphatic heterocycles. The van der Waals surface area contributed by atoms with E-state index in [2.05, 4.69) is 30.2 Å². The number of hydrogen-bond acceptors (Lipinski definition) is 3. The molecule has 0 radical (unpaired) electrons. The van der Waals surface area contributed by atoms with Crippen molar-refractivity contribution in [3.63, 3.8) is 0 Å². The molecular formula is C14H20N2O2. The number of methoxy groups -OCH3 is 2. The first kappa shape index (κ1) is 12.8. The summed E-state index contributed by atoms with van der Waals surface area (Å²) in [4.78, 5) is 5.46. The third-order valence-corrected chi connectivity index (χ3v) is 3.10. The first-order valence-corrected chi connectivity index (χ1v) is 6.02. The van der Waals surface area contributed by atoms with E-state index in [0.717, 1.165) is 30.0 Å². The minimum Gasteiger partial charge on any atom is -0.493 e. The van der Waals surface area contributed by atoms with Gasteiger partial charge in [-0.1, -0.05) is 0 Å². The average molecular weight is 248 g/mol. The molecule has 0 atom stereocenters. The van der Waals surface area contributed by atoms with Gasteiger partial charge in [-0.25, -0.2) is 0 Å². The number of benzene rings is 1. The normalized spacial score (nSPS) is 11.2. The quantitative estimate of drug-likeness (QED) is 0.882. The zero-order valence-corrected chi connectivity index (χ0v) is 11.4. The molecule has 18 heavy (non-hydrogen) atoms. The molecule has 0 spiro atoms. The molecular weight excluding hydrogens is 228 g/mol. The van der Waals surface area contributed by atoms with Crippen LogP contribution in [0.4, 0.5) is 0 Å². The maximum Gasteiger partial charge on any atom is 0.162 e. The largest absolute Gasteiger partial charge is 0.493 e. The molecule has 0 bridgehead atoms. The summed E-state index contributed by atoms with van der Waals surface area (Å²) in [6, 6.07) is 4.02. The van der Waals surface area contributed by atoms with Gasteiger partial charge in [0, 0.05) is 29.7 Å². The summed E-state index contributed by atoms with van der Waals surface area (Å²) in [6.07, 6.45) is 3.08. The van der Waals surface area contributed by atoms with Crippen LogP contribution in [0.2, 0.25) is 0 Å². The predicted octanol–water partition coefficient (Wildman–Crippen LogP) is 2.29. The van der Waals surface area contributed by atoms with Gasteiger partial charge in [0.2, 0.25) is 0 Å². The van der Waals surface area contributed by atoms with Crippen molar-refractivity contribution in [1.82, 2.24) is 9.88 Å². The minimum atomic E-state index is 0.756. The lowest BCUT2D eigenvalue weighted by atomic mass is 10.1. The summed E-state index contributed by atoms with van der Waals surface area (Å²) in [5, 5.41) is 1.20. The third kappa shape index (κ3) is 2.43. The second-order valence-corrected chi connectivity index (χ2v) is 4.62. The van der Waals surface area contributed by atoms with E-state index in [9.17, 15) is 0 Å². The highest BCUT2D eigenvalue weighted by Gasteiger charge is 2.10. The number of likely N-dealkylation sites (N-methyl/N-ethyl adjacent to an activating group) is 1. The molecule has 4 nitrogen and oxygen atoms in total. The Balaban J connectivity index is 2.39. The smallest absolute Gasteiger partial charge is 0.162 e. The summed E-state index contributed by atoms with van der Waals surface area (Å²) in [5.74, 6) is 1.53. The van der Waals surface area contributed by atoms with Crippen molar-refractivity contribution in [1.29, 1.82) is 0 Å². The van der Waals surface area contributed by atoms with Crippen LogP contribution in [0.15, 0.2) is 18.3 Å². The molecule has 98 valence electrons. The van der Waals surface area contributed by atoms with Crippen LogP contribution in [-0.4, -0.2) is 44.7 Å². The number of hydrogen-bond donors (Lipinski definition) is 1. The van der Waals surface area contributed by atoms with Crippen molar-refractivity contribution >= 4 is 10.9 Å². The lowest BCUT2D eigenvalue weighted by molar-refractivity contribution is 0.356. The number of H-pyrrole nitrogens is 1. The SMILES string of the molecule is COc1cc2[nH]cc(CCN(C)C)c2cc1OC. The summed E-state index contributed by atoms with van der Waals surface area (Å²) in [6.45, 7) is 1.03. The van der Waals surface area contributed by atoms with Crippen molar-refractivity contribution in [3.8, 4) is 11.5 Å². The number of aromatic amines is 1. The van der Waals surface area contributed by atoms with E-state index in [1.807, 2.05) is 12.1 Å². The molecule has 0 saturated carbocycles. The van der Waals surface area contributed by atoms with Crippen molar-refractivity contribution in [3.05, 3.63) is 23.9 Å². The van der Waals surface area contributed by atoms with Crippen molar-refractivity contribution in [2.45, 2.75) is 6.42 Å². The van der Waals surface area contributed by atoms with E-state index < -0.39 is 0 Å². The second-order valence-electron chi connectivity index (χ2n) is 4.62. The first-order chi connectivity index (χ1) is 8.65. The molecule has 0 aliphatic carbocycles. The molecule has 1 N–H and O–H groups in total. The molecule has 1 heterocycles. The van der Waals surface area contributed by atoms with Gasteiger partial charge in [-0.05, 0) is 32.1 Å². The molecule has 0 fully saturated rings. The van der Waals surface area contributed by atoms with Gasteiger partial charge in [0.05, 0.1) is 14.2 Å². The lowest BCUT2D eigenvalue weighted by Gasteiger charge is -2.10. The lowest BCUT2D eigenvalue weighted by Crippen LogP contribution is -2.14. The Morgan fingerprint density at radius 3 is 2.39 bits per heavy atom. The van der Waals surface area contributed by atoms with E-state index in [4.69, 9.17) is 9.47 Å². The zero-order chi connectivity index (χ0) is 13.1. The molecule has 0 amide bonds. The van der Waals surface area contributed by atoms with Crippen molar-refractivity contribution in [2.24, 2.45) is 0 Å². The van der Waals surface area contributed by atoms with Crippen LogP contribution in [0.25, 0.3) is 10.9 Å². The summed E-state index contributed by atoms with van der Waals surface area (Å²) < 4.78 is 10.6. The third-order valence-electron chi connectivity index (χ3n) is 3.10.